The predicted molar refractivity (Wildman–Crippen MR) is 69.4 cm³/mol. The fourth-order valence-corrected chi connectivity index (χ4v) is 1.57. The van der Waals surface area contributed by atoms with Crippen molar-refractivity contribution in [3.05, 3.63) is 29.3 Å². The third-order valence-electron chi connectivity index (χ3n) is 2.20. The summed E-state index contributed by atoms with van der Waals surface area (Å²) < 4.78 is 5.61. The lowest BCUT2D eigenvalue weighted by Gasteiger charge is -2.19. The van der Waals surface area contributed by atoms with Crippen molar-refractivity contribution < 1.29 is 9.53 Å². The molecule has 1 amide bonds. The van der Waals surface area contributed by atoms with E-state index in [-0.39, 0.29) is 11.9 Å². The van der Waals surface area contributed by atoms with Gasteiger partial charge in [-0.15, -0.1) is 0 Å². The molecular weight excluding hydrogens is 238 g/mol. The molecule has 94 valence electrons. The standard InChI is InChI=1S/C13H18ClNO2/c1-4-11(13(16)15-9(2)3)17-12-8-6-5-7-10(12)14/h5-9,11H,4H2,1-3H3,(H,15,16). The van der Waals surface area contributed by atoms with Gasteiger partial charge in [-0.2, -0.15) is 0 Å². The largest absolute Gasteiger partial charge is 0.479 e. The highest BCUT2D eigenvalue weighted by Gasteiger charge is 2.19. The molecule has 0 aliphatic heterocycles. The van der Waals surface area contributed by atoms with E-state index >= 15 is 0 Å². The van der Waals surface area contributed by atoms with E-state index in [1.54, 1.807) is 12.1 Å². The number of rotatable bonds is 5. The molecule has 4 heteroatoms. The van der Waals surface area contributed by atoms with Gasteiger partial charge >= 0.3 is 0 Å². The van der Waals surface area contributed by atoms with Crippen LogP contribution < -0.4 is 10.1 Å². The molecule has 3 nitrogen and oxygen atoms in total. The van der Waals surface area contributed by atoms with E-state index in [1.165, 1.54) is 0 Å². The number of nitrogens with one attached hydrogen (secondary N) is 1. The van der Waals surface area contributed by atoms with Crippen LogP contribution in [0.5, 0.6) is 5.75 Å². The average molecular weight is 256 g/mol. The van der Waals surface area contributed by atoms with Crippen molar-refractivity contribution >= 4 is 17.5 Å². The molecule has 0 aromatic heterocycles. The first-order chi connectivity index (χ1) is 8.04. The normalized spacial score (nSPS) is 12.3. The summed E-state index contributed by atoms with van der Waals surface area (Å²) in [5, 5.41) is 3.34. The van der Waals surface area contributed by atoms with E-state index in [1.807, 2.05) is 32.9 Å². The summed E-state index contributed by atoms with van der Waals surface area (Å²) in [6.45, 7) is 5.74. The summed E-state index contributed by atoms with van der Waals surface area (Å²) in [5.41, 5.74) is 0. The van der Waals surface area contributed by atoms with Gasteiger partial charge in [0.15, 0.2) is 6.10 Å². The van der Waals surface area contributed by atoms with Crippen LogP contribution in [-0.2, 0) is 4.79 Å². The van der Waals surface area contributed by atoms with Crippen LogP contribution in [0.25, 0.3) is 0 Å². The van der Waals surface area contributed by atoms with Crippen molar-refractivity contribution in [3.63, 3.8) is 0 Å². The quantitative estimate of drug-likeness (QED) is 0.878. The summed E-state index contributed by atoms with van der Waals surface area (Å²) in [4.78, 5) is 11.8. The SMILES string of the molecule is CCC(Oc1ccccc1Cl)C(=O)NC(C)C. The fraction of sp³-hybridized carbons (Fsp3) is 0.462. The predicted octanol–water partition coefficient (Wildman–Crippen LogP) is 3.02. The molecule has 0 aliphatic rings. The maximum atomic E-state index is 11.8. The van der Waals surface area contributed by atoms with Gasteiger partial charge in [-0.25, -0.2) is 0 Å². The Hall–Kier alpha value is -1.22. The van der Waals surface area contributed by atoms with Gasteiger partial charge in [-0.3, -0.25) is 4.79 Å². The molecular formula is C13H18ClNO2. The van der Waals surface area contributed by atoms with Gasteiger partial charge in [-0.05, 0) is 32.4 Å². The number of hydrogen-bond donors (Lipinski definition) is 1. The molecule has 0 saturated heterocycles. The maximum Gasteiger partial charge on any atom is 0.261 e. The average Bonchev–Trinajstić information content (AvgIpc) is 2.27. The van der Waals surface area contributed by atoms with Crippen LogP contribution in [0.3, 0.4) is 0 Å². The molecule has 0 bridgehead atoms. The van der Waals surface area contributed by atoms with Crippen molar-refractivity contribution in [2.75, 3.05) is 0 Å². The Morgan fingerprint density at radius 1 is 1.41 bits per heavy atom. The summed E-state index contributed by atoms with van der Waals surface area (Å²) in [5.74, 6) is 0.433. The first kappa shape index (κ1) is 13.8. The Bertz CT molecular complexity index is 379. The fourth-order valence-electron chi connectivity index (χ4n) is 1.39. The maximum absolute atomic E-state index is 11.8. The van der Waals surface area contributed by atoms with Crippen molar-refractivity contribution in [1.82, 2.24) is 5.32 Å². The smallest absolute Gasteiger partial charge is 0.261 e. The molecule has 1 unspecified atom stereocenters. The Kier molecular flexibility index (Phi) is 5.29. The van der Waals surface area contributed by atoms with E-state index in [0.717, 1.165) is 0 Å². The van der Waals surface area contributed by atoms with Crippen LogP contribution in [0.4, 0.5) is 0 Å². The minimum absolute atomic E-state index is 0.103. The molecule has 1 atom stereocenters. The minimum atomic E-state index is -0.503. The summed E-state index contributed by atoms with van der Waals surface area (Å²) in [6, 6.07) is 7.25. The summed E-state index contributed by atoms with van der Waals surface area (Å²) >= 11 is 5.98. The Morgan fingerprint density at radius 2 is 2.06 bits per heavy atom. The molecule has 1 aromatic rings. The number of carbonyl (C=O) groups is 1. The van der Waals surface area contributed by atoms with Gasteiger partial charge in [0, 0.05) is 6.04 Å². The van der Waals surface area contributed by atoms with Crippen LogP contribution in [0.2, 0.25) is 5.02 Å². The summed E-state index contributed by atoms with van der Waals surface area (Å²) in [6.07, 6.45) is 0.0985. The van der Waals surface area contributed by atoms with Crippen molar-refractivity contribution in [3.8, 4) is 5.75 Å². The number of ether oxygens (including phenoxy) is 1. The zero-order valence-corrected chi connectivity index (χ0v) is 11.1. The topological polar surface area (TPSA) is 38.3 Å². The first-order valence-corrected chi connectivity index (χ1v) is 6.14. The van der Waals surface area contributed by atoms with Gasteiger partial charge in [0.1, 0.15) is 5.75 Å². The number of benzene rings is 1. The lowest BCUT2D eigenvalue weighted by atomic mass is 10.2. The van der Waals surface area contributed by atoms with Gasteiger partial charge in [-0.1, -0.05) is 30.7 Å². The van der Waals surface area contributed by atoms with Gasteiger partial charge < -0.3 is 10.1 Å². The van der Waals surface area contributed by atoms with Crippen LogP contribution in [0.15, 0.2) is 24.3 Å². The van der Waals surface area contributed by atoms with E-state index in [9.17, 15) is 4.79 Å². The number of para-hydroxylation sites is 1. The second-order valence-electron chi connectivity index (χ2n) is 4.11. The molecule has 0 fully saturated rings. The van der Waals surface area contributed by atoms with E-state index in [4.69, 9.17) is 16.3 Å². The van der Waals surface area contributed by atoms with Crippen molar-refractivity contribution in [2.24, 2.45) is 0 Å². The monoisotopic (exact) mass is 255 g/mol. The van der Waals surface area contributed by atoms with E-state index in [0.29, 0.717) is 17.2 Å². The van der Waals surface area contributed by atoms with Crippen molar-refractivity contribution in [1.29, 1.82) is 0 Å². The Morgan fingerprint density at radius 3 is 2.59 bits per heavy atom. The first-order valence-electron chi connectivity index (χ1n) is 5.76. The van der Waals surface area contributed by atoms with E-state index in [2.05, 4.69) is 5.32 Å². The second-order valence-corrected chi connectivity index (χ2v) is 4.52. The molecule has 0 radical (unpaired) electrons. The highest BCUT2D eigenvalue weighted by atomic mass is 35.5. The lowest BCUT2D eigenvalue weighted by Crippen LogP contribution is -2.41. The molecule has 1 aromatic carbocycles. The number of carbonyl (C=O) groups excluding carboxylic acids is 1. The molecule has 0 aliphatic carbocycles. The Labute approximate surface area is 107 Å². The van der Waals surface area contributed by atoms with Crippen LogP contribution in [0, 0.1) is 0 Å². The van der Waals surface area contributed by atoms with E-state index < -0.39 is 6.10 Å². The third kappa shape index (κ3) is 4.27. The minimum Gasteiger partial charge on any atom is -0.479 e. The van der Waals surface area contributed by atoms with Gasteiger partial charge in [0.25, 0.3) is 5.91 Å². The zero-order chi connectivity index (χ0) is 12.8. The Balaban J connectivity index is 2.70. The van der Waals surface area contributed by atoms with Gasteiger partial charge in [0.05, 0.1) is 5.02 Å². The van der Waals surface area contributed by atoms with Crippen LogP contribution >= 0.6 is 11.6 Å². The molecule has 0 saturated carbocycles. The second kappa shape index (κ2) is 6.50. The highest BCUT2D eigenvalue weighted by molar-refractivity contribution is 6.32. The molecule has 0 spiro atoms. The summed E-state index contributed by atoms with van der Waals surface area (Å²) in [7, 11) is 0. The lowest BCUT2D eigenvalue weighted by molar-refractivity contribution is -0.128. The third-order valence-corrected chi connectivity index (χ3v) is 2.51. The molecule has 1 N–H and O–H groups in total. The number of hydrogen-bond acceptors (Lipinski definition) is 2. The molecule has 0 heterocycles. The molecule has 1 rings (SSSR count). The van der Waals surface area contributed by atoms with Crippen LogP contribution in [-0.4, -0.2) is 18.1 Å². The van der Waals surface area contributed by atoms with Crippen molar-refractivity contribution in [2.45, 2.75) is 39.3 Å². The number of amides is 1. The highest BCUT2D eigenvalue weighted by Crippen LogP contribution is 2.24. The molecule has 17 heavy (non-hydrogen) atoms. The van der Waals surface area contributed by atoms with Gasteiger partial charge in [0.2, 0.25) is 0 Å². The van der Waals surface area contributed by atoms with Crippen LogP contribution in [0.1, 0.15) is 27.2 Å². The zero-order valence-electron chi connectivity index (χ0n) is 10.4. The number of halogens is 1.